The van der Waals surface area contributed by atoms with E-state index in [9.17, 15) is 4.79 Å². The first-order valence-corrected chi connectivity index (χ1v) is 8.82. The number of carbonyl (C=O) groups is 1. The molecular formula is C17H34ClN3O. The third-order valence-electron chi connectivity index (χ3n) is 5.33. The van der Waals surface area contributed by atoms with Crippen molar-refractivity contribution in [1.29, 1.82) is 0 Å². The number of carbonyl (C=O) groups excluding carboxylic acids is 1. The molecule has 1 amide bonds. The average molecular weight is 332 g/mol. The lowest BCUT2D eigenvalue weighted by atomic mass is 9.87. The summed E-state index contributed by atoms with van der Waals surface area (Å²) in [7, 11) is 2.01. The minimum atomic E-state index is 0. The Morgan fingerprint density at radius 3 is 2.36 bits per heavy atom. The van der Waals surface area contributed by atoms with Gasteiger partial charge in [-0.2, -0.15) is 0 Å². The molecule has 0 radical (unpaired) electrons. The molecule has 1 N–H and O–H groups in total. The first-order valence-electron chi connectivity index (χ1n) is 8.82. The SMILES string of the molecule is CCCN(CC(=O)N(C)C1CCC(C)CC1)C1CCNC1.Cl. The molecule has 0 aromatic carbocycles. The zero-order valence-electron chi connectivity index (χ0n) is 14.5. The number of likely N-dealkylation sites (N-methyl/N-ethyl adjacent to an activating group) is 1. The van der Waals surface area contributed by atoms with Crippen LogP contribution in [0.1, 0.15) is 52.4 Å². The summed E-state index contributed by atoms with van der Waals surface area (Å²) >= 11 is 0. The van der Waals surface area contributed by atoms with Crippen molar-refractivity contribution in [1.82, 2.24) is 15.1 Å². The highest BCUT2D eigenvalue weighted by Crippen LogP contribution is 2.26. The standard InChI is InChI=1S/C17H33N3O.ClH/c1-4-11-20(16-9-10-18-12-16)13-17(21)19(3)15-7-5-14(2)6-8-15;/h14-16,18H,4-13H2,1-3H3;1H. The fraction of sp³-hybridized carbons (Fsp3) is 0.941. The van der Waals surface area contributed by atoms with Gasteiger partial charge in [0.2, 0.25) is 5.91 Å². The van der Waals surface area contributed by atoms with Crippen LogP contribution in [0.5, 0.6) is 0 Å². The second kappa shape index (κ2) is 9.74. The zero-order valence-corrected chi connectivity index (χ0v) is 15.3. The molecule has 0 bridgehead atoms. The number of hydrogen-bond acceptors (Lipinski definition) is 3. The Morgan fingerprint density at radius 2 is 1.82 bits per heavy atom. The predicted octanol–water partition coefficient (Wildman–Crippen LogP) is 2.52. The van der Waals surface area contributed by atoms with Crippen LogP contribution in [0.25, 0.3) is 0 Å². The van der Waals surface area contributed by atoms with Gasteiger partial charge < -0.3 is 10.2 Å². The fourth-order valence-electron chi connectivity index (χ4n) is 3.75. The molecule has 22 heavy (non-hydrogen) atoms. The molecule has 2 rings (SSSR count). The molecule has 1 aliphatic heterocycles. The van der Waals surface area contributed by atoms with Gasteiger partial charge in [-0.1, -0.05) is 13.8 Å². The zero-order chi connectivity index (χ0) is 15.2. The molecule has 0 aromatic rings. The van der Waals surface area contributed by atoms with E-state index in [-0.39, 0.29) is 12.4 Å². The van der Waals surface area contributed by atoms with Crippen LogP contribution in [0.4, 0.5) is 0 Å². The van der Waals surface area contributed by atoms with E-state index < -0.39 is 0 Å². The summed E-state index contributed by atoms with van der Waals surface area (Å²) in [6.45, 7) is 8.30. The monoisotopic (exact) mass is 331 g/mol. The molecule has 1 saturated carbocycles. The smallest absolute Gasteiger partial charge is 0.236 e. The molecular weight excluding hydrogens is 298 g/mol. The average Bonchev–Trinajstić information content (AvgIpc) is 3.01. The predicted molar refractivity (Wildman–Crippen MR) is 94.6 cm³/mol. The molecule has 1 atom stereocenters. The minimum absolute atomic E-state index is 0. The van der Waals surface area contributed by atoms with E-state index in [1.54, 1.807) is 0 Å². The Morgan fingerprint density at radius 1 is 1.14 bits per heavy atom. The van der Waals surface area contributed by atoms with Gasteiger partial charge in [-0.05, 0) is 57.5 Å². The molecule has 5 heteroatoms. The van der Waals surface area contributed by atoms with Crippen molar-refractivity contribution in [3.05, 3.63) is 0 Å². The van der Waals surface area contributed by atoms with Gasteiger partial charge in [0.15, 0.2) is 0 Å². The first-order chi connectivity index (χ1) is 10.1. The van der Waals surface area contributed by atoms with Gasteiger partial charge in [0.05, 0.1) is 6.54 Å². The van der Waals surface area contributed by atoms with Crippen molar-refractivity contribution in [3.8, 4) is 0 Å². The Balaban J connectivity index is 0.00000242. The number of hydrogen-bond donors (Lipinski definition) is 1. The van der Waals surface area contributed by atoms with Crippen LogP contribution in [0.3, 0.4) is 0 Å². The Hall–Kier alpha value is -0.320. The lowest BCUT2D eigenvalue weighted by Gasteiger charge is -2.36. The minimum Gasteiger partial charge on any atom is -0.342 e. The normalized spacial score (nSPS) is 28.5. The van der Waals surface area contributed by atoms with E-state index in [1.165, 1.54) is 32.1 Å². The molecule has 4 nitrogen and oxygen atoms in total. The Kier molecular flexibility index (Phi) is 8.73. The maximum Gasteiger partial charge on any atom is 0.236 e. The van der Waals surface area contributed by atoms with E-state index in [0.717, 1.165) is 32.0 Å². The lowest BCUT2D eigenvalue weighted by Crippen LogP contribution is -2.48. The topological polar surface area (TPSA) is 35.6 Å². The number of rotatable bonds is 6. The molecule has 0 aromatic heterocycles. The van der Waals surface area contributed by atoms with Gasteiger partial charge in [0.1, 0.15) is 0 Å². The van der Waals surface area contributed by atoms with Gasteiger partial charge in [-0.15, -0.1) is 12.4 Å². The summed E-state index contributed by atoms with van der Waals surface area (Å²) in [6.07, 6.45) is 7.21. The van der Waals surface area contributed by atoms with Crippen molar-refractivity contribution in [2.45, 2.75) is 64.5 Å². The van der Waals surface area contributed by atoms with Crippen molar-refractivity contribution in [3.63, 3.8) is 0 Å². The van der Waals surface area contributed by atoms with Crippen molar-refractivity contribution in [2.75, 3.05) is 33.2 Å². The maximum atomic E-state index is 12.6. The highest BCUT2D eigenvalue weighted by Gasteiger charge is 2.28. The highest BCUT2D eigenvalue weighted by atomic mass is 35.5. The summed E-state index contributed by atoms with van der Waals surface area (Å²) in [6, 6.07) is 1.02. The largest absolute Gasteiger partial charge is 0.342 e. The second-order valence-corrected chi connectivity index (χ2v) is 7.04. The fourth-order valence-corrected chi connectivity index (χ4v) is 3.75. The second-order valence-electron chi connectivity index (χ2n) is 7.04. The summed E-state index contributed by atoms with van der Waals surface area (Å²) in [5.41, 5.74) is 0. The molecule has 1 aliphatic carbocycles. The van der Waals surface area contributed by atoms with Crippen LogP contribution in [0.15, 0.2) is 0 Å². The van der Waals surface area contributed by atoms with Crippen LogP contribution in [0.2, 0.25) is 0 Å². The maximum absolute atomic E-state index is 12.6. The lowest BCUT2D eigenvalue weighted by molar-refractivity contribution is -0.134. The van der Waals surface area contributed by atoms with Crippen molar-refractivity contribution >= 4 is 18.3 Å². The molecule has 2 fully saturated rings. The molecule has 1 saturated heterocycles. The number of halogens is 1. The van der Waals surface area contributed by atoms with E-state index in [1.807, 2.05) is 11.9 Å². The van der Waals surface area contributed by atoms with Gasteiger partial charge in [0, 0.05) is 25.7 Å². The van der Waals surface area contributed by atoms with E-state index in [0.29, 0.717) is 24.5 Å². The van der Waals surface area contributed by atoms with E-state index in [4.69, 9.17) is 0 Å². The quantitative estimate of drug-likeness (QED) is 0.812. The summed E-state index contributed by atoms with van der Waals surface area (Å²) in [4.78, 5) is 17.1. The van der Waals surface area contributed by atoms with Crippen LogP contribution in [0, 0.1) is 5.92 Å². The van der Waals surface area contributed by atoms with Gasteiger partial charge in [0.25, 0.3) is 0 Å². The molecule has 130 valence electrons. The van der Waals surface area contributed by atoms with Gasteiger partial charge >= 0.3 is 0 Å². The molecule has 1 unspecified atom stereocenters. The van der Waals surface area contributed by atoms with Crippen LogP contribution in [-0.2, 0) is 4.79 Å². The van der Waals surface area contributed by atoms with E-state index in [2.05, 4.69) is 24.1 Å². The molecule has 1 heterocycles. The van der Waals surface area contributed by atoms with E-state index >= 15 is 0 Å². The third-order valence-corrected chi connectivity index (χ3v) is 5.33. The Bertz CT molecular complexity index is 326. The van der Waals surface area contributed by atoms with Crippen LogP contribution < -0.4 is 5.32 Å². The van der Waals surface area contributed by atoms with Crippen molar-refractivity contribution < 1.29 is 4.79 Å². The highest BCUT2D eigenvalue weighted by molar-refractivity contribution is 5.85. The summed E-state index contributed by atoms with van der Waals surface area (Å²) < 4.78 is 0. The number of nitrogens with zero attached hydrogens (tertiary/aromatic N) is 2. The van der Waals surface area contributed by atoms with Crippen LogP contribution >= 0.6 is 12.4 Å². The third kappa shape index (κ3) is 5.39. The molecule has 0 spiro atoms. The summed E-state index contributed by atoms with van der Waals surface area (Å²) in [5.74, 6) is 1.15. The summed E-state index contributed by atoms with van der Waals surface area (Å²) in [5, 5.41) is 3.42. The number of nitrogens with one attached hydrogen (secondary N) is 1. The van der Waals surface area contributed by atoms with Gasteiger partial charge in [-0.3, -0.25) is 9.69 Å². The van der Waals surface area contributed by atoms with Crippen molar-refractivity contribution in [2.24, 2.45) is 5.92 Å². The molecule has 2 aliphatic rings. The van der Waals surface area contributed by atoms with Gasteiger partial charge in [-0.25, -0.2) is 0 Å². The van der Waals surface area contributed by atoms with Crippen LogP contribution in [-0.4, -0.2) is 61.0 Å². The number of amides is 1. The Labute approximate surface area is 142 Å². The first kappa shape index (κ1) is 19.7.